The molecule has 0 saturated heterocycles. The molecule has 0 saturated carbocycles. The van der Waals surface area contributed by atoms with Crippen molar-refractivity contribution < 1.29 is 4.79 Å². The van der Waals surface area contributed by atoms with Crippen LogP contribution < -0.4 is 15.5 Å². The Morgan fingerprint density at radius 2 is 1.71 bits per heavy atom. The van der Waals surface area contributed by atoms with E-state index in [-0.39, 0.29) is 30.7 Å². The maximum atomic E-state index is 12.0. The quantitative estimate of drug-likeness (QED) is 0.845. The topological polar surface area (TPSA) is 44.4 Å². The summed E-state index contributed by atoms with van der Waals surface area (Å²) in [4.78, 5) is 14.3. The minimum atomic E-state index is 0. The van der Waals surface area contributed by atoms with E-state index >= 15 is 0 Å². The molecule has 1 aliphatic rings. The van der Waals surface area contributed by atoms with Gasteiger partial charge in [0.1, 0.15) is 0 Å². The molecule has 1 amide bonds. The Bertz CT molecular complexity index is 679. The highest BCUT2D eigenvalue weighted by molar-refractivity contribution is 5.95. The number of halogens is 2. The average molecular weight is 368 g/mol. The molecule has 0 unspecified atom stereocenters. The van der Waals surface area contributed by atoms with Gasteiger partial charge < -0.3 is 15.5 Å². The molecule has 0 fully saturated rings. The Hall–Kier alpha value is -1.75. The zero-order valence-electron chi connectivity index (χ0n) is 13.6. The normalized spacial score (nSPS) is 12.0. The molecule has 0 bridgehead atoms. The summed E-state index contributed by atoms with van der Waals surface area (Å²) >= 11 is 0. The smallest absolute Gasteiger partial charge is 0.225 e. The number of amides is 1. The summed E-state index contributed by atoms with van der Waals surface area (Å²) in [6.07, 6.45) is 1.51. The van der Waals surface area contributed by atoms with Gasteiger partial charge in [-0.3, -0.25) is 4.79 Å². The first-order valence-corrected chi connectivity index (χ1v) is 7.68. The number of hydrogen-bond donors (Lipinski definition) is 2. The third kappa shape index (κ3) is 4.41. The van der Waals surface area contributed by atoms with E-state index in [1.54, 1.807) is 0 Å². The highest BCUT2D eigenvalue weighted by atomic mass is 35.5. The molecular weight excluding hydrogens is 345 g/mol. The van der Waals surface area contributed by atoms with E-state index in [1.165, 1.54) is 11.3 Å². The van der Waals surface area contributed by atoms with Gasteiger partial charge >= 0.3 is 0 Å². The van der Waals surface area contributed by atoms with Crippen LogP contribution in [-0.4, -0.2) is 26.0 Å². The molecule has 2 aromatic carbocycles. The van der Waals surface area contributed by atoms with Gasteiger partial charge in [-0.1, -0.05) is 30.3 Å². The molecule has 0 spiro atoms. The van der Waals surface area contributed by atoms with Crippen molar-refractivity contribution in [3.63, 3.8) is 0 Å². The predicted octanol–water partition coefficient (Wildman–Crippen LogP) is 3.77. The molecule has 1 heterocycles. The Labute approximate surface area is 155 Å². The molecule has 2 N–H and O–H groups in total. The molecular formula is C18H23Cl2N3O. The SMILES string of the molecule is CNCCC(=O)Nc1ccccc1N1CCc2ccccc21.Cl.Cl. The maximum absolute atomic E-state index is 12.0. The van der Waals surface area contributed by atoms with Gasteiger partial charge in [-0.05, 0) is 37.2 Å². The van der Waals surface area contributed by atoms with E-state index in [2.05, 4.69) is 45.9 Å². The fourth-order valence-electron chi connectivity index (χ4n) is 2.85. The van der Waals surface area contributed by atoms with Crippen molar-refractivity contribution >= 4 is 47.8 Å². The van der Waals surface area contributed by atoms with Crippen molar-refractivity contribution in [1.82, 2.24) is 5.32 Å². The number of anilines is 3. The summed E-state index contributed by atoms with van der Waals surface area (Å²) in [7, 11) is 1.85. The number of nitrogens with zero attached hydrogens (tertiary/aromatic N) is 1. The lowest BCUT2D eigenvalue weighted by Gasteiger charge is -2.23. The van der Waals surface area contributed by atoms with Crippen molar-refractivity contribution in [3.05, 3.63) is 54.1 Å². The van der Waals surface area contributed by atoms with Gasteiger partial charge in [0.25, 0.3) is 0 Å². The molecule has 2 aromatic rings. The minimum Gasteiger partial charge on any atom is -0.339 e. The third-order valence-electron chi connectivity index (χ3n) is 3.96. The Morgan fingerprint density at radius 1 is 1.04 bits per heavy atom. The Kier molecular flexibility index (Phi) is 8.05. The zero-order chi connectivity index (χ0) is 15.4. The lowest BCUT2D eigenvalue weighted by Crippen LogP contribution is -2.21. The second kappa shape index (κ2) is 9.52. The number of fused-ring (bicyclic) bond motifs is 1. The van der Waals surface area contributed by atoms with Crippen LogP contribution in [0, 0.1) is 0 Å². The number of benzene rings is 2. The average Bonchev–Trinajstić information content (AvgIpc) is 2.97. The molecule has 6 heteroatoms. The summed E-state index contributed by atoms with van der Waals surface area (Å²) in [5, 5.41) is 6.03. The van der Waals surface area contributed by atoms with Gasteiger partial charge in [0.15, 0.2) is 0 Å². The molecule has 0 aromatic heterocycles. The van der Waals surface area contributed by atoms with Crippen LogP contribution in [0.4, 0.5) is 17.1 Å². The Balaban J connectivity index is 0.00000144. The molecule has 3 rings (SSSR count). The van der Waals surface area contributed by atoms with E-state index in [0.717, 1.165) is 24.3 Å². The van der Waals surface area contributed by atoms with Crippen molar-refractivity contribution in [2.45, 2.75) is 12.8 Å². The van der Waals surface area contributed by atoms with Gasteiger partial charge in [0.2, 0.25) is 5.91 Å². The van der Waals surface area contributed by atoms with Crippen molar-refractivity contribution in [1.29, 1.82) is 0 Å². The van der Waals surface area contributed by atoms with Crippen LogP contribution in [-0.2, 0) is 11.2 Å². The molecule has 0 radical (unpaired) electrons. The van der Waals surface area contributed by atoms with Gasteiger partial charge in [0, 0.05) is 25.2 Å². The molecule has 1 aliphatic heterocycles. The molecule has 0 aliphatic carbocycles. The van der Waals surface area contributed by atoms with E-state index < -0.39 is 0 Å². The minimum absolute atomic E-state index is 0. The molecule has 4 nitrogen and oxygen atoms in total. The van der Waals surface area contributed by atoms with Gasteiger partial charge in [-0.15, -0.1) is 24.8 Å². The number of carbonyl (C=O) groups is 1. The third-order valence-corrected chi connectivity index (χ3v) is 3.96. The van der Waals surface area contributed by atoms with E-state index in [9.17, 15) is 4.79 Å². The van der Waals surface area contributed by atoms with Crippen LogP contribution in [0.5, 0.6) is 0 Å². The van der Waals surface area contributed by atoms with Crippen LogP contribution >= 0.6 is 24.8 Å². The zero-order valence-corrected chi connectivity index (χ0v) is 15.3. The van der Waals surface area contributed by atoms with Crippen LogP contribution in [0.2, 0.25) is 0 Å². The van der Waals surface area contributed by atoms with Gasteiger partial charge in [-0.25, -0.2) is 0 Å². The number of hydrogen-bond acceptors (Lipinski definition) is 3. The van der Waals surface area contributed by atoms with Gasteiger partial charge in [-0.2, -0.15) is 0 Å². The van der Waals surface area contributed by atoms with Gasteiger partial charge in [0.05, 0.1) is 11.4 Å². The number of rotatable bonds is 5. The summed E-state index contributed by atoms with van der Waals surface area (Å²) in [6, 6.07) is 16.5. The fraction of sp³-hybridized carbons (Fsp3) is 0.278. The molecule has 0 atom stereocenters. The highest BCUT2D eigenvalue weighted by Crippen LogP contribution is 2.38. The van der Waals surface area contributed by atoms with Crippen LogP contribution in [0.3, 0.4) is 0 Å². The number of nitrogens with one attached hydrogen (secondary N) is 2. The number of carbonyl (C=O) groups excluding carboxylic acids is 1. The summed E-state index contributed by atoms with van der Waals surface area (Å²) in [5.41, 5.74) is 4.53. The Morgan fingerprint density at radius 3 is 2.46 bits per heavy atom. The fourth-order valence-corrected chi connectivity index (χ4v) is 2.85. The van der Waals surface area contributed by atoms with Crippen LogP contribution in [0.1, 0.15) is 12.0 Å². The summed E-state index contributed by atoms with van der Waals surface area (Å²) in [5.74, 6) is 0.0364. The predicted molar refractivity (Wildman–Crippen MR) is 105 cm³/mol. The van der Waals surface area contributed by atoms with Crippen molar-refractivity contribution in [2.24, 2.45) is 0 Å². The first kappa shape index (κ1) is 20.3. The van der Waals surface area contributed by atoms with Crippen LogP contribution in [0.15, 0.2) is 48.5 Å². The lowest BCUT2D eigenvalue weighted by atomic mass is 10.1. The van der Waals surface area contributed by atoms with E-state index in [0.29, 0.717) is 13.0 Å². The summed E-state index contributed by atoms with van der Waals surface area (Å²) in [6.45, 7) is 1.63. The number of para-hydroxylation sites is 3. The van der Waals surface area contributed by atoms with E-state index in [4.69, 9.17) is 0 Å². The highest BCUT2D eigenvalue weighted by Gasteiger charge is 2.22. The van der Waals surface area contributed by atoms with E-state index in [1.807, 2.05) is 25.2 Å². The maximum Gasteiger partial charge on any atom is 0.225 e. The first-order chi connectivity index (χ1) is 10.8. The van der Waals surface area contributed by atoms with Crippen molar-refractivity contribution in [2.75, 3.05) is 30.4 Å². The second-order valence-corrected chi connectivity index (χ2v) is 5.45. The first-order valence-electron chi connectivity index (χ1n) is 7.68. The largest absolute Gasteiger partial charge is 0.339 e. The second-order valence-electron chi connectivity index (χ2n) is 5.45. The monoisotopic (exact) mass is 367 g/mol. The lowest BCUT2D eigenvalue weighted by molar-refractivity contribution is -0.116. The van der Waals surface area contributed by atoms with Crippen LogP contribution in [0.25, 0.3) is 0 Å². The summed E-state index contributed by atoms with van der Waals surface area (Å²) < 4.78 is 0. The molecule has 24 heavy (non-hydrogen) atoms. The standard InChI is InChI=1S/C18H21N3O.2ClH/c1-19-12-10-18(22)20-15-7-3-5-9-17(15)21-13-11-14-6-2-4-8-16(14)21;;/h2-9,19H,10-13H2,1H3,(H,20,22);2*1H. The molecule has 130 valence electrons. The van der Waals surface area contributed by atoms with Crippen molar-refractivity contribution in [3.8, 4) is 0 Å².